The third-order valence-corrected chi connectivity index (χ3v) is 2.22. The van der Waals surface area contributed by atoms with Crippen LogP contribution in [-0.2, 0) is 0 Å². The number of unbranched alkanes of at least 4 members (excludes halogenated alkanes) is 2. The van der Waals surface area contributed by atoms with Crippen LogP contribution >= 0.6 is 8.58 Å². The van der Waals surface area contributed by atoms with Gasteiger partial charge in [0, 0.05) is 0 Å². The molecule has 0 N–H and O–H groups in total. The van der Waals surface area contributed by atoms with Crippen molar-refractivity contribution >= 4 is 8.58 Å². The van der Waals surface area contributed by atoms with E-state index in [0.29, 0.717) is 0 Å². The zero-order valence-corrected chi connectivity index (χ0v) is 6.90. The molecule has 0 heterocycles. The van der Waals surface area contributed by atoms with Gasteiger partial charge in [-0.2, -0.15) is 0 Å². The quantitative estimate of drug-likeness (QED) is 0.421. The Morgan fingerprint density at radius 1 is 1.50 bits per heavy atom. The molecule has 0 bridgehead atoms. The molecule has 0 saturated carbocycles. The summed E-state index contributed by atoms with van der Waals surface area (Å²) in [5, 5.41) is 8.18. The molecule has 0 rings (SSSR count). The third-order valence-electron chi connectivity index (χ3n) is 1.14. The van der Waals surface area contributed by atoms with E-state index in [2.05, 4.69) is 12.7 Å². The molecule has 0 aliphatic heterocycles. The summed E-state index contributed by atoms with van der Waals surface area (Å²) in [6, 6.07) is 0. The van der Waals surface area contributed by atoms with Gasteiger partial charge in [-0.25, -0.2) is 0 Å². The minimum atomic E-state index is -0.293. The van der Waals surface area contributed by atoms with Gasteiger partial charge in [0.15, 0.2) is 0 Å². The molecule has 1 nitrogen and oxygen atoms in total. The number of nitrogens with zero attached hydrogens (tertiary/aromatic N) is 1. The zero-order chi connectivity index (χ0) is 6.24. The van der Waals surface area contributed by atoms with Gasteiger partial charge in [0.2, 0.25) is 0 Å². The Hall–Kier alpha value is -0.0800. The Bertz CT molecular complexity index is 75.1. The van der Waals surface area contributed by atoms with Crippen LogP contribution < -0.4 is 0 Å². The molecule has 8 heavy (non-hydrogen) atoms. The van der Waals surface area contributed by atoms with Crippen LogP contribution in [0.2, 0.25) is 0 Å². The Kier molecular flexibility index (Phi) is 6.85. The number of rotatable bonds is 4. The second-order valence-electron chi connectivity index (χ2n) is 1.97. The average molecular weight is 131 g/mol. The van der Waals surface area contributed by atoms with E-state index in [0.717, 1.165) is 0 Å². The molecule has 0 aliphatic rings. The van der Waals surface area contributed by atoms with Crippen molar-refractivity contribution in [1.29, 1.82) is 5.26 Å². The summed E-state index contributed by atoms with van der Waals surface area (Å²) in [5.41, 5.74) is 0. The Morgan fingerprint density at radius 3 is 2.75 bits per heavy atom. The first-order chi connectivity index (χ1) is 3.91. The summed E-state index contributed by atoms with van der Waals surface area (Å²) in [6.45, 7) is 2.19. The van der Waals surface area contributed by atoms with Crippen molar-refractivity contribution in [1.82, 2.24) is 0 Å². The van der Waals surface area contributed by atoms with Gasteiger partial charge in [-0.3, -0.25) is 0 Å². The number of hydrogen-bond donors (Lipinski definition) is 0. The summed E-state index contributed by atoms with van der Waals surface area (Å²) in [7, 11) is -0.293. The van der Waals surface area contributed by atoms with Gasteiger partial charge in [0.1, 0.15) is 0 Å². The molecule has 0 aromatic carbocycles. The van der Waals surface area contributed by atoms with E-state index in [-0.39, 0.29) is 8.58 Å². The molecule has 0 saturated heterocycles. The molecular weight excluding hydrogens is 117 g/mol. The van der Waals surface area contributed by atoms with Crippen LogP contribution in [0.1, 0.15) is 26.2 Å². The van der Waals surface area contributed by atoms with Crippen molar-refractivity contribution in [2.24, 2.45) is 0 Å². The second-order valence-corrected chi connectivity index (χ2v) is 3.49. The van der Waals surface area contributed by atoms with Crippen molar-refractivity contribution in [2.45, 2.75) is 26.2 Å². The van der Waals surface area contributed by atoms with Gasteiger partial charge < -0.3 is 0 Å². The maximum absolute atomic E-state index is 8.18. The molecule has 0 spiro atoms. The monoisotopic (exact) mass is 131 g/mol. The van der Waals surface area contributed by atoms with Crippen molar-refractivity contribution in [3.63, 3.8) is 0 Å². The van der Waals surface area contributed by atoms with Crippen LogP contribution in [-0.4, -0.2) is 6.16 Å². The molecule has 0 aromatic rings. The van der Waals surface area contributed by atoms with Crippen molar-refractivity contribution in [2.75, 3.05) is 6.16 Å². The Balaban J connectivity index is 2.65. The Labute approximate surface area is 52.9 Å². The molecule has 2 heteroatoms. The molecule has 0 unspecified atom stereocenters. The van der Waals surface area contributed by atoms with Gasteiger partial charge in [-0.15, -0.1) is 0 Å². The van der Waals surface area contributed by atoms with Crippen molar-refractivity contribution in [3.8, 4) is 5.81 Å². The average Bonchev–Trinajstić information content (AvgIpc) is 1.81. The van der Waals surface area contributed by atoms with Crippen LogP contribution in [0.15, 0.2) is 0 Å². The van der Waals surface area contributed by atoms with Gasteiger partial charge in [0.25, 0.3) is 0 Å². The number of nitriles is 1. The van der Waals surface area contributed by atoms with Gasteiger partial charge >= 0.3 is 52.0 Å². The fourth-order valence-corrected chi connectivity index (χ4v) is 1.39. The zero-order valence-electron chi connectivity index (χ0n) is 5.48. The van der Waals surface area contributed by atoms with Crippen LogP contribution in [0.4, 0.5) is 0 Å². The summed E-state index contributed by atoms with van der Waals surface area (Å²) in [6.07, 6.45) is 5.11. The normalized spacial score (nSPS) is 9.00. The minimum absolute atomic E-state index is 0.293. The fourth-order valence-electron chi connectivity index (χ4n) is 0.631. The summed E-state index contributed by atoms with van der Waals surface area (Å²) in [4.78, 5) is 0. The second kappa shape index (κ2) is 6.92. The molecule has 0 atom stereocenters. The molecule has 0 fully saturated rings. The van der Waals surface area contributed by atoms with Crippen LogP contribution in [0.5, 0.6) is 0 Å². The number of hydrogen-bond acceptors (Lipinski definition) is 1. The third kappa shape index (κ3) is 5.92. The van der Waals surface area contributed by atoms with Gasteiger partial charge in [0.05, 0.1) is 0 Å². The van der Waals surface area contributed by atoms with Gasteiger partial charge in [-0.05, 0) is 0 Å². The van der Waals surface area contributed by atoms with Crippen LogP contribution in [0, 0.1) is 11.1 Å². The first kappa shape index (κ1) is 7.92. The van der Waals surface area contributed by atoms with Crippen molar-refractivity contribution in [3.05, 3.63) is 0 Å². The standard InChI is InChI=1S/C6H14NP/c1-2-3-4-5-8-6-7/h2-5H2,1,8H3. The first-order valence-electron chi connectivity index (χ1n) is 3.28. The molecule has 48 valence electrons. The van der Waals surface area contributed by atoms with E-state index in [1.54, 1.807) is 0 Å². The van der Waals surface area contributed by atoms with E-state index in [4.69, 9.17) is 5.26 Å². The fraction of sp³-hybridized carbons (Fsp3) is 0.833. The first-order valence-corrected chi connectivity index (χ1v) is 4.99. The molecule has 0 radical (unpaired) electrons. The molecule has 0 aliphatic carbocycles. The van der Waals surface area contributed by atoms with E-state index in [9.17, 15) is 0 Å². The van der Waals surface area contributed by atoms with Crippen LogP contribution in [0.25, 0.3) is 0 Å². The topological polar surface area (TPSA) is 23.8 Å². The van der Waals surface area contributed by atoms with E-state index >= 15 is 0 Å². The molecule has 0 amide bonds. The Morgan fingerprint density at radius 2 is 2.25 bits per heavy atom. The SMILES string of the molecule is CCCCC[PH3]C#N. The maximum atomic E-state index is 8.18. The van der Waals surface area contributed by atoms with E-state index < -0.39 is 0 Å². The summed E-state index contributed by atoms with van der Waals surface area (Å²) in [5.74, 6) is 2.27. The molecule has 0 aromatic heterocycles. The predicted octanol–water partition coefficient (Wildman–Crippen LogP) is 1.80. The van der Waals surface area contributed by atoms with E-state index in [1.165, 1.54) is 25.4 Å². The predicted molar refractivity (Wildman–Crippen MR) is 41.1 cm³/mol. The molecular formula is C6H14NP. The summed E-state index contributed by atoms with van der Waals surface area (Å²) >= 11 is 0. The summed E-state index contributed by atoms with van der Waals surface area (Å²) < 4.78 is 0. The van der Waals surface area contributed by atoms with E-state index in [1.807, 2.05) is 0 Å². The van der Waals surface area contributed by atoms with Gasteiger partial charge in [-0.1, -0.05) is 0 Å². The van der Waals surface area contributed by atoms with Crippen molar-refractivity contribution < 1.29 is 0 Å². The van der Waals surface area contributed by atoms with Crippen LogP contribution in [0.3, 0.4) is 0 Å².